The van der Waals surface area contributed by atoms with Gasteiger partial charge in [-0.1, -0.05) is 60.1 Å². The van der Waals surface area contributed by atoms with Crippen molar-refractivity contribution in [3.63, 3.8) is 0 Å². The summed E-state index contributed by atoms with van der Waals surface area (Å²) in [6.45, 7) is 15.8. The molecule has 2 bridgehead atoms. The Bertz CT molecular complexity index is 999. The maximum atomic E-state index is 13.4. The fraction of sp³-hybridized carbons (Fsp3) is 0.900. The predicted molar refractivity (Wildman–Crippen MR) is 133 cm³/mol. The lowest BCUT2D eigenvalue weighted by Gasteiger charge is -2.72. The molecule has 1 saturated heterocycles. The average molecular weight is 487 g/mol. The van der Waals surface area contributed by atoms with Gasteiger partial charge in [-0.05, 0) is 66.1 Å². The van der Waals surface area contributed by atoms with Gasteiger partial charge >= 0.3 is 5.97 Å². The summed E-state index contributed by atoms with van der Waals surface area (Å²) in [7, 11) is 0. The zero-order valence-electron chi connectivity index (χ0n) is 22.7. The Morgan fingerprint density at radius 3 is 2.26 bits per heavy atom. The largest absolute Gasteiger partial charge is 0.461 e. The zero-order valence-corrected chi connectivity index (χ0v) is 22.7. The zero-order chi connectivity index (χ0) is 25.6. The van der Waals surface area contributed by atoms with Gasteiger partial charge in [-0.25, -0.2) is 0 Å². The van der Waals surface area contributed by atoms with Crippen LogP contribution >= 0.6 is 0 Å². The molecule has 1 spiro atoms. The summed E-state index contributed by atoms with van der Waals surface area (Å²) >= 11 is 0. The van der Waals surface area contributed by atoms with E-state index in [0.29, 0.717) is 19.3 Å². The van der Waals surface area contributed by atoms with Crippen LogP contribution in [0.1, 0.15) is 93.4 Å². The molecule has 6 rings (SSSR count). The van der Waals surface area contributed by atoms with Crippen LogP contribution < -0.4 is 0 Å². The van der Waals surface area contributed by atoms with Gasteiger partial charge in [-0.2, -0.15) is 0 Å². The van der Waals surface area contributed by atoms with Crippen molar-refractivity contribution in [2.24, 2.45) is 50.2 Å². The Labute approximate surface area is 210 Å². The van der Waals surface area contributed by atoms with Gasteiger partial charge in [-0.15, -0.1) is 0 Å². The number of ether oxygens (including phenoxy) is 1. The molecule has 0 aromatic carbocycles. The smallest absolute Gasteiger partial charge is 0.315 e. The lowest BCUT2D eigenvalue weighted by molar-refractivity contribution is -0.247. The Hall–Kier alpha value is -0.910. The van der Waals surface area contributed by atoms with Gasteiger partial charge < -0.3 is 20.1 Å². The minimum absolute atomic E-state index is 0.00958. The molecule has 1 aliphatic heterocycles. The second kappa shape index (κ2) is 6.74. The van der Waals surface area contributed by atoms with Crippen LogP contribution in [0.3, 0.4) is 0 Å². The fourth-order valence-corrected chi connectivity index (χ4v) is 11.0. The van der Waals surface area contributed by atoms with E-state index in [2.05, 4.69) is 54.5 Å². The number of carbonyl (C=O) groups excluding carboxylic acids is 1. The minimum atomic E-state index is -0.799. The molecular weight excluding hydrogens is 440 g/mol. The Morgan fingerprint density at radius 1 is 0.886 bits per heavy atom. The van der Waals surface area contributed by atoms with Crippen LogP contribution in [0.25, 0.3) is 0 Å². The van der Waals surface area contributed by atoms with E-state index < -0.39 is 23.7 Å². The molecule has 3 unspecified atom stereocenters. The number of aliphatic hydroxyl groups excluding tert-OH is 3. The van der Waals surface area contributed by atoms with E-state index in [1.54, 1.807) is 0 Å². The molecule has 3 N–H and O–H groups in total. The second-order valence-corrected chi connectivity index (χ2v) is 15.3. The van der Waals surface area contributed by atoms with Crippen LogP contribution in [0.5, 0.6) is 0 Å². The first-order valence-corrected chi connectivity index (χ1v) is 14.0. The third kappa shape index (κ3) is 2.55. The van der Waals surface area contributed by atoms with E-state index in [1.165, 1.54) is 5.57 Å². The molecule has 5 fully saturated rings. The maximum Gasteiger partial charge on any atom is 0.315 e. The third-order valence-electron chi connectivity index (χ3n) is 13.6. The van der Waals surface area contributed by atoms with E-state index in [0.717, 1.165) is 25.7 Å². The highest BCUT2D eigenvalue weighted by Crippen LogP contribution is 2.76. The SMILES string of the molecule is CC1(C)CC2C3=CCC4[C@]5(C)C(CC[C@@]4(C)[C@]3(C)C[C@@H](O)[C@@]23C[C@@H]1OC3=O)C(C)(C)[C@@H](O)C[C@H]5O. The number of hydrogen-bond acceptors (Lipinski definition) is 5. The Morgan fingerprint density at radius 2 is 1.57 bits per heavy atom. The van der Waals surface area contributed by atoms with Gasteiger partial charge in [-0.3, -0.25) is 4.79 Å². The van der Waals surface area contributed by atoms with Gasteiger partial charge in [0.15, 0.2) is 0 Å². The first-order valence-electron chi connectivity index (χ1n) is 14.0. The van der Waals surface area contributed by atoms with E-state index >= 15 is 0 Å². The number of rotatable bonds is 0. The van der Waals surface area contributed by atoms with Gasteiger partial charge in [0.25, 0.3) is 0 Å². The van der Waals surface area contributed by atoms with Crippen molar-refractivity contribution in [1.82, 2.24) is 0 Å². The summed E-state index contributed by atoms with van der Waals surface area (Å²) in [5, 5.41) is 34.2. The number of hydrogen-bond donors (Lipinski definition) is 3. The normalized spacial score (nSPS) is 57.7. The van der Waals surface area contributed by atoms with Crippen LogP contribution in [0.2, 0.25) is 0 Å². The summed E-state index contributed by atoms with van der Waals surface area (Å²) in [5.74, 6) is 0.320. The highest BCUT2D eigenvalue weighted by molar-refractivity contribution is 5.82. The van der Waals surface area contributed by atoms with Crippen molar-refractivity contribution in [3.05, 3.63) is 11.6 Å². The summed E-state index contributed by atoms with van der Waals surface area (Å²) in [6.07, 6.45) is 5.93. The van der Waals surface area contributed by atoms with E-state index in [4.69, 9.17) is 4.74 Å². The summed E-state index contributed by atoms with van der Waals surface area (Å²) in [5.41, 5.74) is -0.430. The first kappa shape index (κ1) is 24.4. The monoisotopic (exact) mass is 486 g/mol. The highest BCUT2D eigenvalue weighted by atomic mass is 16.6. The molecule has 6 aliphatic rings. The topological polar surface area (TPSA) is 87.0 Å². The van der Waals surface area contributed by atoms with Gasteiger partial charge in [0.05, 0.1) is 18.3 Å². The van der Waals surface area contributed by atoms with Crippen LogP contribution in [0.4, 0.5) is 0 Å². The van der Waals surface area contributed by atoms with Crippen molar-refractivity contribution >= 4 is 5.97 Å². The van der Waals surface area contributed by atoms with E-state index in [9.17, 15) is 20.1 Å². The van der Waals surface area contributed by atoms with Crippen molar-refractivity contribution < 1.29 is 24.9 Å². The number of fused-ring (bicyclic) bond motifs is 7. The summed E-state index contributed by atoms with van der Waals surface area (Å²) in [6, 6.07) is 0. The van der Waals surface area contributed by atoms with E-state index in [1.807, 2.05) is 0 Å². The summed E-state index contributed by atoms with van der Waals surface area (Å²) < 4.78 is 5.93. The molecule has 1 heterocycles. The number of carbonyl (C=O) groups is 1. The molecule has 196 valence electrons. The van der Waals surface area contributed by atoms with Gasteiger partial charge in [0.2, 0.25) is 0 Å². The fourth-order valence-electron chi connectivity index (χ4n) is 11.0. The average Bonchev–Trinajstić information content (AvgIpc) is 3.06. The van der Waals surface area contributed by atoms with Gasteiger partial charge in [0, 0.05) is 23.7 Å². The van der Waals surface area contributed by atoms with Gasteiger partial charge in [0.1, 0.15) is 11.5 Å². The molecule has 0 aromatic rings. The molecule has 4 saturated carbocycles. The predicted octanol–water partition coefficient (Wildman–Crippen LogP) is 4.63. The van der Waals surface area contributed by atoms with Crippen molar-refractivity contribution in [2.45, 2.75) is 118 Å². The molecule has 0 radical (unpaired) electrons. The quantitative estimate of drug-likeness (QED) is 0.343. The first-order chi connectivity index (χ1) is 16.1. The Kier molecular flexibility index (Phi) is 4.71. The third-order valence-corrected chi connectivity index (χ3v) is 13.6. The molecule has 11 atom stereocenters. The maximum absolute atomic E-state index is 13.4. The van der Waals surface area contributed by atoms with Crippen LogP contribution in [0, 0.1) is 50.2 Å². The summed E-state index contributed by atoms with van der Waals surface area (Å²) in [4.78, 5) is 13.4. The Balaban J connectivity index is 1.49. The second-order valence-electron chi connectivity index (χ2n) is 15.3. The lowest BCUT2D eigenvalue weighted by atomic mass is 9.33. The molecule has 35 heavy (non-hydrogen) atoms. The highest BCUT2D eigenvalue weighted by Gasteiger charge is 2.75. The van der Waals surface area contributed by atoms with Crippen LogP contribution in [-0.4, -0.2) is 45.7 Å². The van der Waals surface area contributed by atoms with Crippen molar-refractivity contribution in [2.75, 3.05) is 0 Å². The molecule has 5 nitrogen and oxygen atoms in total. The molecular formula is C30H46O5. The number of esters is 1. The van der Waals surface area contributed by atoms with E-state index in [-0.39, 0.29) is 56.9 Å². The standard InChI is InChI=1S/C30H46O5/c1-25(2)13-17-16-8-9-19-27(5,11-10-18-26(3,4)20(31)12-21(32)29(18,19)7)28(16,6)14-22(33)30(17)15-23(25)35-24(30)34/h8,17-23,31-33H,9-15H2,1-7H3/t17?,18?,19?,20-,21+,22+,23-,27+,28+,29-,30+/m0/s1. The molecule has 0 aromatic heterocycles. The number of allylic oxidation sites excluding steroid dienone is 2. The van der Waals surface area contributed by atoms with Crippen LogP contribution in [-0.2, 0) is 9.53 Å². The van der Waals surface area contributed by atoms with Crippen molar-refractivity contribution in [3.8, 4) is 0 Å². The molecule has 0 amide bonds. The molecule has 5 aliphatic carbocycles. The lowest BCUT2D eigenvalue weighted by Crippen LogP contribution is -2.69. The minimum Gasteiger partial charge on any atom is -0.461 e. The molecule has 5 heteroatoms. The van der Waals surface area contributed by atoms with Crippen molar-refractivity contribution in [1.29, 1.82) is 0 Å². The number of aliphatic hydroxyl groups is 3. The van der Waals surface area contributed by atoms with Crippen LogP contribution in [0.15, 0.2) is 11.6 Å².